The Morgan fingerprint density at radius 1 is 0.853 bits per heavy atom. The summed E-state index contributed by atoms with van der Waals surface area (Å²) >= 11 is 6.21. The van der Waals surface area contributed by atoms with Crippen LogP contribution in [0.3, 0.4) is 0 Å². The number of allylic oxidation sites excluding steroid dienone is 1. The topological polar surface area (TPSA) is 79.2 Å². The Labute approximate surface area is 205 Å². The lowest BCUT2D eigenvalue weighted by molar-refractivity contribution is 0.261. The van der Waals surface area contributed by atoms with Crippen molar-refractivity contribution in [1.29, 1.82) is 0 Å². The van der Waals surface area contributed by atoms with Crippen molar-refractivity contribution in [2.75, 3.05) is 33.1 Å². The van der Waals surface area contributed by atoms with Crippen LogP contribution in [0.15, 0.2) is 78.9 Å². The summed E-state index contributed by atoms with van der Waals surface area (Å²) in [5.74, 6) is 1.33. The molecule has 0 amide bonds. The van der Waals surface area contributed by atoms with Crippen LogP contribution in [0.4, 0.5) is 0 Å². The highest BCUT2D eigenvalue weighted by Gasteiger charge is 2.18. The highest BCUT2D eigenvalue weighted by Crippen LogP contribution is 2.39. The molecule has 0 saturated heterocycles. The molecule has 0 spiro atoms. The number of hydrogen-bond donors (Lipinski definition) is 2. The van der Waals surface area contributed by atoms with E-state index in [2.05, 4.69) is 4.90 Å². The van der Waals surface area contributed by atoms with Gasteiger partial charge in [-0.2, -0.15) is 0 Å². The first kappa shape index (κ1) is 26.0. The number of phosphoric acid groups is 1. The minimum absolute atomic E-state index is 0.0969. The highest BCUT2D eigenvalue weighted by molar-refractivity contribution is 7.46. The minimum atomic E-state index is -4.63. The van der Waals surface area contributed by atoms with Crippen LogP contribution in [-0.4, -0.2) is 47.8 Å². The second-order valence-electron chi connectivity index (χ2n) is 7.94. The number of hydrogen-bond acceptors (Lipinski definition) is 4. The fraction of sp³-hybridized carbons (Fsp3) is 0.231. The minimum Gasteiger partial charge on any atom is -0.492 e. The van der Waals surface area contributed by atoms with E-state index in [-0.39, 0.29) is 5.75 Å². The van der Waals surface area contributed by atoms with Crippen LogP contribution in [0, 0.1) is 0 Å². The molecule has 8 heteroatoms. The Morgan fingerprint density at radius 2 is 1.41 bits per heavy atom. The van der Waals surface area contributed by atoms with Crippen LogP contribution < -0.4 is 9.26 Å². The molecule has 0 aliphatic heterocycles. The van der Waals surface area contributed by atoms with Gasteiger partial charge in [-0.25, -0.2) is 4.57 Å². The van der Waals surface area contributed by atoms with Crippen molar-refractivity contribution in [2.45, 2.75) is 6.42 Å². The van der Waals surface area contributed by atoms with E-state index in [0.717, 1.165) is 40.1 Å². The van der Waals surface area contributed by atoms with E-state index < -0.39 is 7.82 Å². The zero-order valence-corrected chi connectivity index (χ0v) is 20.9. The second-order valence-corrected chi connectivity index (χ2v) is 9.48. The highest BCUT2D eigenvalue weighted by atomic mass is 35.5. The van der Waals surface area contributed by atoms with Gasteiger partial charge in [-0.3, -0.25) is 9.79 Å². The van der Waals surface area contributed by atoms with E-state index in [1.165, 1.54) is 0 Å². The Hall–Kier alpha value is -2.60. The third-order valence-electron chi connectivity index (χ3n) is 5.09. The molecule has 3 aromatic rings. The molecular formula is C26H29ClNO5P. The van der Waals surface area contributed by atoms with Crippen LogP contribution in [0.2, 0.25) is 0 Å². The Kier molecular flexibility index (Phi) is 9.34. The van der Waals surface area contributed by atoms with Gasteiger partial charge in [0.15, 0.2) is 0 Å². The monoisotopic (exact) mass is 501 g/mol. The SMILES string of the molecule is CN(C)CCOc1ccc(C(=C(CCCl)c2ccccc2)c2ccc(OP(=O)(O)O)cc2)cc1. The van der Waals surface area contributed by atoms with Gasteiger partial charge in [0.2, 0.25) is 0 Å². The fourth-order valence-electron chi connectivity index (χ4n) is 3.55. The van der Waals surface area contributed by atoms with Crippen molar-refractivity contribution in [3.63, 3.8) is 0 Å². The Morgan fingerprint density at radius 3 is 1.91 bits per heavy atom. The summed E-state index contributed by atoms with van der Waals surface area (Å²) in [5.41, 5.74) is 4.96. The third-order valence-corrected chi connectivity index (χ3v) is 5.72. The third kappa shape index (κ3) is 7.73. The summed E-state index contributed by atoms with van der Waals surface area (Å²) < 4.78 is 21.8. The van der Waals surface area contributed by atoms with Gasteiger partial charge < -0.3 is 14.2 Å². The zero-order chi connectivity index (χ0) is 24.6. The average molecular weight is 502 g/mol. The molecule has 0 heterocycles. The van der Waals surface area contributed by atoms with Crippen molar-refractivity contribution >= 4 is 30.6 Å². The molecule has 180 valence electrons. The summed E-state index contributed by atoms with van der Waals surface area (Å²) in [7, 11) is -0.626. The molecule has 0 aliphatic rings. The van der Waals surface area contributed by atoms with Crippen molar-refractivity contribution in [3.05, 3.63) is 95.6 Å². The van der Waals surface area contributed by atoms with Gasteiger partial charge in [-0.15, -0.1) is 11.6 Å². The first-order chi connectivity index (χ1) is 16.3. The number of ether oxygens (including phenoxy) is 1. The van der Waals surface area contributed by atoms with Gasteiger partial charge in [-0.05, 0) is 72.6 Å². The molecule has 34 heavy (non-hydrogen) atoms. The molecule has 0 bridgehead atoms. The van der Waals surface area contributed by atoms with E-state index in [9.17, 15) is 4.57 Å². The second kappa shape index (κ2) is 12.2. The van der Waals surface area contributed by atoms with E-state index in [1.54, 1.807) is 24.3 Å². The number of likely N-dealkylation sites (N-methyl/N-ethyl adjacent to an activating group) is 1. The van der Waals surface area contributed by atoms with Crippen LogP contribution >= 0.6 is 19.4 Å². The molecule has 0 aliphatic carbocycles. The molecule has 0 atom stereocenters. The van der Waals surface area contributed by atoms with Gasteiger partial charge in [0.25, 0.3) is 0 Å². The Balaban J connectivity index is 2.05. The van der Waals surface area contributed by atoms with Gasteiger partial charge in [0, 0.05) is 12.4 Å². The van der Waals surface area contributed by atoms with Gasteiger partial charge >= 0.3 is 7.82 Å². The smallest absolute Gasteiger partial charge is 0.492 e. The summed E-state index contributed by atoms with van der Waals surface area (Å²) in [5, 5.41) is 0. The fourth-order valence-corrected chi connectivity index (χ4v) is 4.13. The van der Waals surface area contributed by atoms with E-state index in [1.807, 2.05) is 68.7 Å². The summed E-state index contributed by atoms with van der Waals surface area (Å²) in [4.78, 5) is 20.3. The number of halogens is 1. The van der Waals surface area contributed by atoms with E-state index in [4.69, 9.17) is 30.6 Å². The zero-order valence-electron chi connectivity index (χ0n) is 19.2. The van der Waals surface area contributed by atoms with E-state index in [0.29, 0.717) is 18.9 Å². The van der Waals surface area contributed by atoms with Crippen LogP contribution in [0.25, 0.3) is 11.1 Å². The van der Waals surface area contributed by atoms with Gasteiger partial charge in [0.1, 0.15) is 18.1 Å². The molecule has 0 saturated carbocycles. The molecule has 3 aromatic carbocycles. The molecule has 6 nitrogen and oxygen atoms in total. The Bertz CT molecular complexity index is 1130. The predicted molar refractivity (Wildman–Crippen MR) is 137 cm³/mol. The molecule has 0 unspecified atom stereocenters. The summed E-state index contributed by atoms with van der Waals surface area (Å²) in [6, 6.07) is 24.6. The molecule has 3 rings (SSSR count). The number of alkyl halides is 1. The average Bonchev–Trinajstić information content (AvgIpc) is 2.80. The normalized spacial score (nSPS) is 12.4. The van der Waals surface area contributed by atoms with Gasteiger partial charge in [-0.1, -0.05) is 54.6 Å². The van der Waals surface area contributed by atoms with Gasteiger partial charge in [0.05, 0.1) is 0 Å². The molecular weight excluding hydrogens is 473 g/mol. The van der Waals surface area contributed by atoms with Crippen molar-refractivity contribution in [2.24, 2.45) is 0 Å². The quantitative estimate of drug-likeness (QED) is 0.200. The molecule has 2 N–H and O–H groups in total. The number of nitrogens with zero attached hydrogens (tertiary/aromatic N) is 1. The lowest BCUT2D eigenvalue weighted by Gasteiger charge is -2.18. The first-order valence-electron chi connectivity index (χ1n) is 10.8. The molecule has 0 radical (unpaired) electrons. The summed E-state index contributed by atoms with van der Waals surface area (Å²) in [6.45, 7) is 1.42. The van der Waals surface area contributed by atoms with Crippen LogP contribution in [0.1, 0.15) is 23.1 Å². The number of rotatable bonds is 11. The predicted octanol–water partition coefficient (Wildman–Crippen LogP) is 5.69. The van der Waals surface area contributed by atoms with Crippen molar-refractivity contribution in [3.8, 4) is 11.5 Å². The maximum absolute atomic E-state index is 11.2. The maximum atomic E-state index is 11.2. The van der Waals surface area contributed by atoms with Crippen LogP contribution in [-0.2, 0) is 4.57 Å². The maximum Gasteiger partial charge on any atom is 0.524 e. The number of benzene rings is 3. The van der Waals surface area contributed by atoms with Crippen LogP contribution in [0.5, 0.6) is 11.5 Å². The summed E-state index contributed by atoms with van der Waals surface area (Å²) in [6.07, 6.45) is 0.642. The standard InChI is InChI=1S/C26H29ClNO5P/c1-28(2)18-19-32-23-12-8-21(9-13-23)26(25(16-17-27)20-6-4-3-5-7-20)22-10-14-24(15-11-22)33-34(29,30)31/h3-15H,16-19H2,1-2H3,(H2,29,30,31). The molecule has 0 aromatic heterocycles. The number of phosphoric ester groups is 1. The molecule has 0 fully saturated rings. The largest absolute Gasteiger partial charge is 0.524 e. The van der Waals surface area contributed by atoms with Crippen molar-refractivity contribution < 1.29 is 23.6 Å². The lowest BCUT2D eigenvalue weighted by atomic mass is 9.88. The lowest BCUT2D eigenvalue weighted by Crippen LogP contribution is -2.19. The first-order valence-corrected chi connectivity index (χ1v) is 12.9. The van der Waals surface area contributed by atoms with E-state index >= 15 is 0 Å². The van der Waals surface area contributed by atoms with Crippen molar-refractivity contribution in [1.82, 2.24) is 4.90 Å².